The Kier molecular flexibility index (Phi) is 6.16. The van der Waals surface area contributed by atoms with Crippen LogP contribution in [-0.2, 0) is 16.1 Å². The van der Waals surface area contributed by atoms with Gasteiger partial charge in [-0.1, -0.05) is 18.2 Å². The number of hydrogen-bond acceptors (Lipinski definition) is 5. The lowest BCUT2D eigenvalue weighted by atomic mass is 10.1. The molecule has 1 N–H and O–H groups in total. The van der Waals surface area contributed by atoms with Crippen LogP contribution >= 0.6 is 0 Å². The molecule has 2 aromatic carbocycles. The highest BCUT2D eigenvalue weighted by Gasteiger charge is 2.14. The average Bonchev–Trinajstić information content (AvgIpc) is 2.72. The summed E-state index contributed by atoms with van der Waals surface area (Å²) in [6, 6.07) is 12.8. The lowest BCUT2D eigenvalue weighted by molar-refractivity contribution is -0.143. The summed E-state index contributed by atoms with van der Waals surface area (Å²) in [6.07, 6.45) is 1.54. The van der Waals surface area contributed by atoms with Crippen LogP contribution in [0.15, 0.2) is 54.7 Å². The molecule has 0 radical (unpaired) electrons. The smallest absolute Gasteiger partial charge is 0.325 e. The van der Waals surface area contributed by atoms with Crippen molar-refractivity contribution in [1.29, 1.82) is 0 Å². The summed E-state index contributed by atoms with van der Waals surface area (Å²) >= 11 is 0. The highest BCUT2D eigenvalue weighted by atomic mass is 19.1. The van der Waals surface area contributed by atoms with Crippen molar-refractivity contribution in [3.8, 4) is 5.75 Å². The predicted molar refractivity (Wildman–Crippen MR) is 101 cm³/mol. The third kappa shape index (κ3) is 4.43. The summed E-state index contributed by atoms with van der Waals surface area (Å²) in [6.45, 7) is 1.87. The first-order valence-electron chi connectivity index (χ1n) is 8.78. The summed E-state index contributed by atoms with van der Waals surface area (Å²) in [5.41, 5.74) is 1.36. The number of hydrogen-bond donors (Lipinski definition) is 1. The summed E-state index contributed by atoms with van der Waals surface area (Å²) in [5.74, 6) is -0.997. The topological polar surface area (TPSA) is 77.5 Å². The number of nitrogens with one attached hydrogen (secondary N) is 1. The van der Waals surface area contributed by atoms with Gasteiger partial charge in [-0.15, -0.1) is 0 Å². The second kappa shape index (κ2) is 8.94. The highest BCUT2D eigenvalue weighted by Crippen LogP contribution is 2.20. The molecule has 0 atom stereocenters. The second-order valence-corrected chi connectivity index (χ2v) is 5.88. The minimum Gasteiger partial charge on any atom is -0.493 e. The number of aromatic nitrogens is 1. The van der Waals surface area contributed by atoms with Gasteiger partial charge >= 0.3 is 5.97 Å². The number of halogens is 1. The maximum absolute atomic E-state index is 13.8. The van der Waals surface area contributed by atoms with Crippen LogP contribution in [-0.4, -0.2) is 30.0 Å². The van der Waals surface area contributed by atoms with Crippen LogP contribution in [0.1, 0.15) is 22.8 Å². The summed E-state index contributed by atoms with van der Waals surface area (Å²) in [4.78, 5) is 28.4. The molecule has 0 aliphatic carbocycles. The Morgan fingerprint density at radius 2 is 1.93 bits per heavy atom. The van der Waals surface area contributed by atoms with Gasteiger partial charge in [0.15, 0.2) is 0 Å². The average molecular weight is 382 g/mol. The van der Waals surface area contributed by atoms with E-state index in [4.69, 9.17) is 9.47 Å². The first kappa shape index (κ1) is 19.3. The van der Waals surface area contributed by atoms with Crippen molar-refractivity contribution in [2.45, 2.75) is 13.5 Å². The fraction of sp³-hybridized carbons (Fsp3) is 0.190. The summed E-state index contributed by atoms with van der Waals surface area (Å²) < 4.78 is 24.4. The molecule has 0 unspecified atom stereocenters. The fourth-order valence-corrected chi connectivity index (χ4v) is 2.71. The van der Waals surface area contributed by atoms with Gasteiger partial charge in [0.05, 0.1) is 17.7 Å². The molecule has 0 spiro atoms. The van der Waals surface area contributed by atoms with E-state index in [1.165, 1.54) is 12.1 Å². The molecule has 0 bridgehead atoms. The molecular weight excluding hydrogens is 363 g/mol. The lowest BCUT2D eigenvalue weighted by Gasteiger charge is -2.11. The van der Waals surface area contributed by atoms with Gasteiger partial charge in [0, 0.05) is 17.1 Å². The Hall–Kier alpha value is -3.48. The largest absolute Gasteiger partial charge is 0.493 e. The van der Waals surface area contributed by atoms with Crippen LogP contribution < -0.4 is 10.1 Å². The number of nitrogens with zero attached hydrogens (tertiary/aromatic N) is 1. The number of para-hydroxylation sites is 1. The molecule has 0 aliphatic heterocycles. The van der Waals surface area contributed by atoms with Crippen molar-refractivity contribution in [3.63, 3.8) is 0 Å². The third-order valence-electron chi connectivity index (χ3n) is 4.01. The molecule has 6 nitrogen and oxygen atoms in total. The van der Waals surface area contributed by atoms with Gasteiger partial charge < -0.3 is 14.8 Å². The van der Waals surface area contributed by atoms with E-state index in [1.54, 1.807) is 42.6 Å². The summed E-state index contributed by atoms with van der Waals surface area (Å²) in [7, 11) is 0. The minimum absolute atomic E-state index is 0.0714. The van der Waals surface area contributed by atoms with E-state index in [-0.39, 0.29) is 13.2 Å². The zero-order valence-electron chi connectivity index (χ0n) is 15.3. The van der Waals surface area contributed by atoms with E-state index >= 15 is 0 Å². The normalized spacial score (nSPS) is 10.5. The number of esters is 1. The van der Waals surface area contributed by atoms with E-state index in [1.807, 2.05) is 6.92 Å². The number of ether oxygens (including phenoxy) is 2. The van der Waals surface area contributed by atoms with Crippen molar-refractivity contribution in [1.82, 2.24) is 10.3 Å². The standard InChI is InChI=1S/C21H19FN2O4/c1-2-27-18-8-4-3-6-16(18)21(26)24-12-19(25)28-13-14-9-10-17(22)15-7-5-11-23-20(14)15/h3-11H,2,12-13H2,1H3,(H,24,26). The SMILES string of the molecule is CCOc1ccccc1C(=O)NCC(=O)OCc1ccc(F)c2cccnc12. The van der Waals surface area contributed by atoms with Gasteiger partial charge in [0.1, 0.15) is 24.7 Å². The number of fused-ring (bicyclic) bond motifs is 1. The van der Waals surface area contributed by atoms with Crippen LogP contribution in [0.4, 0.5) is 4.39 Å². The molecule has 0 saturated carbocycles. The van der Waals surface area contributed by atoms with E-state index in [0.29, 0.717) is 34.4 Å². The fourth-order valence-electron chi connectivity index (χ4n) is 2.71. The highest BCUT2D eigenvalue weighted by molar-refractivity contribution is 5.98. The van der Waals surface area contributed by atoms with Crippen molar-refractivity contribution in [2.75, 3.05) is 13.2 Å². The molecule has 0 saturated heterocycles. The van der Waals surface area contributed by atoms with Crippen LogP contribution in [0, 0.1) is 5.82 Å². The summed E-state index contributed by atoms with van der Waals surface area (Å²) in [5, 5.41) is 2.87. The molecule has 0 fully saturated rings. The minimum atomic E-state index is -0.615. The molecule has 0 aliphatic rings. The maximum atomic E-state index is 13.8. The van der Waals surface area contributed by atoms with E-state index < -0.39 is 17.7 Å². The van der Waals surface area contributed by atoms with Gasteiger partial charge in [-0.2, -0.15) is 0 Å². The van der Waals surface area contributed by atoms with E-state index in [2.05, 4.69) is 10.3 Å². The third-order valence-corrected chi connectivity index (χ3v) is 4.01. The van der Waals surface area contributed by atoms with Crippen molar-refractivity contribution in [3.05, 3.63) is 71.7 Å². The predicted octanol–water partition coefficient (Wildman–Crippen LogP) is 3.25. The van der Waals surface area contributed by atoms with Gasteiger partial charge in [-0.3, -0.25) is 14.6 Å². The molecule has 1 amide bonds. The Labute approximate surface area is 161 Å². The Morgan fingerprint density at radius 1 is 1.11 bits per heavy atom. The Balaban J connectivity index is 1.59. The van der Waals surface area contributed by atoms with E-state index in [9.17, 15) is 14.0 Å². The molecule has 1 heterocycles. The molecule has 7 heteroatoms. The van der Waals surface area contributed by atoms with Crippen molar-refractivity contribution in [2.24, 2.45) is 0 Å². The maximum Gasteiger partial charge on any atom is 0.325 e. The molecule has 28 heavy (non-hydrogen) atoms. The van der Waals surface area contributed by atoms with E-state index in [0.717, 1.165) is 0 Å². The molecule has 3 aromatic rings. The zero-order valence-corrected chi connectivity index (χ0v) is 15.3. The number of rotatable bonds is 7. The number of pyridine rings is 1. The quantitative estimate of drug-likeness (QED) is 0.635. The molecule has 144 valence electrons. The van der Waals surface area contributed by atoms with Crippen molar-refractivity contribution < 1.29 is 23.5 Å². The van der Waals surface area contributed by atoms with Gasteiger partial charge in [-0.05, 0) is 37.3 Å². The van der Waals surface area contributed by atoms with Crippen LogP contribution in [0.5, 0.6) is 5.75 Å². The number of carbonyl (C=O) groups is 2. The van der Waals surface area contributed by atoms with Crippen LogP contribution in [0.3, 0.4) is 0 Å². The number of benzene rings is 2. The Morgan fingerprint density at radius 3 is 2.75 bits per heavy atom. The zero-order chi connectivity index (χ0) is 19.9. The second-order valence-electron chi connectivity index (χ2n) is 5.88. The van der Waals surface area contributed by atoms with Crippen molar-refractivity contribution >= 4 is 22.8 Å². The van der Waals surface area contributed by atoms with Gasteiger partial charge in [0.25, 0.3) is 5.91 Å². The van der Waals surface area contributed by atoms with Gasteiger partial charge in [-0.25, -0.2) is 4.39 Å². The van der Waals surface area contributed by atoms with Crippen LogP contribution in [0.25, 0.3) is 10.9 Å². The number of carbonyl (C=O) groups excluding carboxylic acids is 2. The molecular formula is C21H19FN2O4. The number of amides is 1. The lowest BCUT2D eigenvalue weighted by Crippen LogP contribution is -2.30. The Bertz CT molecular complexity index is 1010. The van der Waals surface area contributed by atoms with Crippen LogP contribution in [0.2, 0.25) is 0 Å². The first-order chi connectivity index (χ1) is 13.6. The first-order valence-corrected chi connectivity index (χ1v) is 8.78. The monoisotopic (exact) mass is 382 g/mol. The molecule has 3 rings (SSSR count). The van der Waals surface area contributed by atoms with Gasteiger partial charge in [0.2, 0.25) is 0 Å². The molecule has 1 aromatic heterocycles.